The lowest BCUT2D eigenvalue weighted by Crippen LogP contribution is -2.16. The van der Waals surface area contributed by atoms with Gasteiger partial charge >= 0.3 is 6.09 Å². The molecule has 0 saturated heterocycles. The van der Waals surface area contributed by atoms with E-state index in [1.165, 1.54) is 13.3 Å². The van der Waals surface area contributed by atoms with Crippen molar-refractivity contribution in [3.63, 3.8) is 0 Å². The summed E-state index contributed by atoms with van der Waals surface area (Å²) in [6.45, 7) is 0. The topological polar surface area (TPSA) is 76.7 Å². The summed E-state index contributed by atoms with van der Waals surface area (Å²) in [5.41, 5.74) is 9.14. The Morgan fingerprint density at radius 2 is 2.29 bits per heavy atom. The number of ether oxygens (including phenoxy) is 1. The van der Waals surface area contributed by atoms with Crippen LogP contribution in [0.3, 0.4) is 0 Å². The van der Waals surface area contributed by atoms with Crippen LogP contribution in [0.1, 0.15) is 5.56 Å². The second-order valence-corrected chi connectivity index (χ2v) is 2.49. The van der Waals surface area contributed by atoms with Crippen molar-refractivity contribution in [2.75, 3.05) is 12.8 Å². The highest BCUT2D eigenvalue weighted by atomic mass is 16.5. The standard InChI is InChI=1S/C9H11N3O2/c1-14-9(13)12-11-6-7-4-2-3-5-8(7)10/h2-6H,10H2,1H3,(H,12,13). The maximum absolute atomic E-state index is 10.6. The Balaban J connectivity index is 2.60. The highest BCUT2D eigenvalue weighted by molar-refractivity contribution is 5.87. The lowest BCUT2D eigenvalue weighted by atomic mass is 10.2. The van der Waals surface area contributed by atoms with Crippen LogP contribution < -0.4 is 11.2 Å². The molecule has 74 valence electrons. The Bertz CT molecular complexity index is 350. The van der Waals surface area contributed by atoms with Gasteiger partial charge in [0.25, 0.3) is 0 Å². The van der Waals surface area contributed by atoms with E-state index < -0.39 is 6.09 Å². The van der Waals surface area contributed by atoms with Gasteiger partial charge < -0.3 is 10.5 Å². The lowest BCUT2D eigenvalue weighted by Gasteiger charge is -1.98. The van der Waals surface area contributed by atoms with Gasteiger partial charge in [0.05, 0.1) is 13.3 Å². The van der Waals surface area contributed by atoms with Gasteiger partial charge in [0.1, 0.15) is 0 Å². The van der Waals surface area contributed by atoms with E-state index in [9.17, 15) is 4.79 Å². The zero-order valence-electron chi connectivity index (χ0n) is 7.73. The van der Waals surface area contributed by atoms with Crippen molar-refractivity contribution in [1.29, 1.82) is 0 Å². The predicted octanol–water partition coefficient (Wildman–Crippen LogP) is 0.959. The van der Waals surface area contributed by atoms with E-state index in [4.69, 9.17) is 5.73 Å². The van der Waals surface area contributed by atoms with Gasteiger partial charge in [-0.15, -0.1) is 0 Å². The highest BCUT2D eigenvalue weighted by Gasteiger charge is 1.94. The van der Waals surface area contributed by atoms with Crippen LogP contribution in [0.25, 0.3) is 0 Å². The number of carbonyl (C=O) groups excluding carboxylic acids is 1. The predicted molar refractivity (Wildman–Crippen MR) is 54.0 cm³/mol. The molecule has 0 radical (unpaired) electrons. The molecule has 1 aromatic rings. The second kappa shape index (κ2) is 4.86. The van der Waals surface area contributed by atoms with Crippen LogP contribution in [0.4, 0.5) is 10.5 Å². The van der Waals surface area contributed by atoms with Crippen LogP contribution in [0.5, 0.6) is 0 Å². The number of nitrogens with zero attached hydrogens (tertiary/aromatic N) is 1. The highest BCUT2D eigenvalue weighted by Crippen LogP contribution is 2.06. The fourth-order valence-corrected chi connectivity index (χ4v) is 0.829. The first-order valence-electron chi connectivity index (χ1n) is 3.95. The minimum Gasteiger partial charge on any atom is -0.452 e. The fourth-order valence-electron chi connectivity index (χ4n) is 0.829. The van der Waals surface area contributed by atoms with Gasteiger partial charge in [0, 0.05) is 11.3 Å². The molecule has 0 atom stereocenters. The second-order valence-electron chi connectivity index (χ2n) is 2.49. The van der Waals surface area contributed by atoms with Gasteiger partial charge in [-0.3, -0.25) is 0 Å². The third-order valence-corrected chi connectivity index (χ3v) is 1.54. The van der Waals surface area contributed by atoms with Crippen molar-refractivity contribution in [2.45, 2.75) is 0 Å². The minimum atomic E-state index is -0.615. The molecule has 0 aliphatic carbocycles. The molecule has 0 saturated carbocycles. The van der Waals surface area contributed by atoms with Crippen molar-refractivity contribution in [3.05, 3.63) is 29.8 Å². The normalized spacial score (nSPS) is 10.1. The zero-order chi connectivity index (χ0) is 10.4. The molecule has 0 aliphatic heterocycles. The van der Waals surface area contributed by atoms with Gasteiger partial charge in [-0.25, -0.2) is 10.2 Å². The molecule has 1 amide bonds. The van der Waals surface area contributed by atoms with Gasteiger partial charge in [-0.1, -0.05) is 18.2 Å². The molecule has 5 nitrogen and oxygen atoms in total. The van der Waals surface area contributed by atoms with Crippen molar-refractivity contribution < 1.29 is 9.53 Å². The van der Waals surface area contributed by atoms with Crippen LogP contribution >= 0.6 is 0 Å². The van der Waals surface area contributed by atoms with Crippen LogP contribution in [0.2, 0.25) is 0 Å². The summed E-state index contributed by atoms with van der Waals surface area (Å²) in [6.07, 6.45) is 0.836. The average Bonchev–Trinajstić information content (AvgIpc) is 2.20. The number of anilines is 1. The molecule has 0 bridgehead atoms. The summed E-state index contributed by atoms with van der Waals surface area (Å²) in [5, 5.41) is 3.64. The van der Waals surface area contributed by atoms with E-state index in [1.54, 1.807) is 12.1 Å². The molecule has 0 heterocycles. The molecule has 5 heteroatoms. The first-order valence-corrected chi connectivity index (χ1v) is 3.95. The van der Waals surface area contributed by atoms with Gasteiger partial charge in [0.15, 0.2) is 0 Å². The largest absolute Gasteiger partial charge is 0.452 e. The van der Waals surface area contributed by atoms with E-state index in [1.807, 2.05) is 12.1 Å². The summed E-state index contributed by atoms with van der Waals surface area (Å²) in [7, 11) is 1.27. The van der Waals surface area contributed by atoms with E-state index >= 15 is 0 Å². The number of carbonyl (C=O) groups is 1. The van der Waals surface area contributed by atoms with Crippen LogP contribution in [0, 0.1) is 0 Å². The summed E-state index contributed by atoms with van der Waals surface area (Å²) in [6, 6.07) is 7.19. The first kappa shape index (κ1) is 10.0. The van der Waals surface area contributed by atoms with Gasteiger partial charge in [-0.05, 0) is 6.07 Å². The average molecular weight is 193 g/mol. The Morgan fingerprint density at radius 3 is 2.93 bits per heavy atom. The van der Waals surface area contributed by atoms with Crippen molar-refractivity contribution in [2.24, 2.45) is 5.10 Å². The quantitative estimate of drug-likeness (QED) is 0.417. The molecule has 1 rings (SSSR count). The Morgan fingerprint density at radius 1 is 1.57 bits per heavy atom. The van der Waals surface area contributed by atoms with E-state index in [0.29, 0.717) is 5.69 Å². The molecular weight excluding hydrogens is 182 g/mol. The molecular formula is C9H11N3O2. The monoisotopic (exact) mass is 193 g/mol. The number of nitrogens with two attached hydrogens (primary N) is 1. The molecule has 0 unspecified atom stereocenters. The number of hydrogen-bond donors (Lipinski definition) is 2. The number of rotatable bonds is 2. The maximum Gasteiger partial charge on any atom is 0.427 e. The molecule has 14 heavy (non-hydrogen) atoms. The van der Waals surface area contributed by atoms with Gasteiger partial charge in [0.2, 0.25) is 0 Å². The molecule has 0 aromatic heterocycles. The number of benzene rings is 1. The molecule has 1 aromatic carbocycles. The number of amides is 1. The molecule has 0 spiro atoms. The molecule has 0 aliphatic rings. The van der Waals surface area contributed by atoms with Crippen molar-refractivity contribution in [1.82, 2.24) is 5.43 Å². The third kappa shape index (κ3) is 2.78. The third-order valence-electron chi connectivity index (χ3n) is 1.54. The summed E-state index contributed by atoms with van der Waals surface area (Å²) < 4.78 is 4.32. The SMILES string of the molecule is COC(=O)NN=Cc1ccccc1N. The maximum atomic E-state index is 10.6. The Kier molecular flexibility index (Phi) is 3.49. The van der Waals surface area contributed by atoms with Crippen LogP contribution in [-0.2, 0) is 4.74 Å². The number of nitrogens with one attached hydrogen (secondary N) is 1. The zero-order valence-corrected chi connectivity index (χ0v) is 7.73. The van der Waals surface area contributed by atoms with Gasteiger partial charge in [-0.2, -0.15) is 5.10 Å². The van der Waals surface area contributed by atoms with E-state index in [2.05, 4.69) is 15.3 Å². The fraction of sp³-hybridized carbons (Fsp3) is 0.111. The Labute approximate surface area is 81.6 Å². The Hall–Kier alpha value is -2.04. The smallest absolute Gasteiger partial charge is 0.427 e. The minimum absolute atomic E-state index is 0.600. The number of hydrogen-bond acceptors (Lipinski definition) is 4. The first-order chi connectivity index (χ1) is 6.74. The van der Waals surface area contributed by atoms with Crippen LogP contribution in [-0.4, -0.2) is 19.4 Å². The summed E-state index contributed by atoms with van der Waals surface area (Å²) in [5.74, 6) is 0. The van der Waals surface area contributed by atoms with Crippen LogP contribution in [0.15, 0.2) is 29.4 Å². The number of para-hydroxylation sites is 1. The lowest BCUT2D eigenvalue weighted by molar-refractivity contribution is 0.171. The van der Waals surface area contributed by atoms with E-state index in [-0.39, 0.29) is 0 Å². The summed E-state index contributed by atoms with van der Waals surface area (Å²) in [4.78, 5) is 10.6. The van der Waals surface area contributed by atoms with E-state index in [0.717, 1.165) is 5.56 Å². The number of methoxy groups -OCH3 is 1. The number of hydrazone groups is 1. The van der Waals surface area contributed by atoms with Crippen molar-refractivity contribution >= 4 is 18.0 Å². The molecule has 3 N–H and O–H groups in total. The summed E-state index contributed by atoms with van der Waals surface area (Å²) >= 11 is 0. The number of nitrogen functional groups attached to an aromatic ring is 1. The molecule has 0 fully saturated rings. The van der Waals surface area contributed by atoms with Crippen molar-refractivity contribution in [3.8, 4) is 0 Å².